The van der Waals surface area contributed by atoms with E-state index in [0.717, 1.165) is 0 Å². The van der Waals surface area contributed by atoms with Crippen LogP contribution in [0.4, 0.5) is 0 Å². The van der Waals surface area contributed by atoms with E-state index in [9.17, 15) is 0 Å². The lowest BCUT2D eigenvalue weighted by atomic mass is 10.6. The highest BCUT2D eigenvalue weighted by molar-refractivity contribution is 5.76. The molecular weight excluding hydrogens is 102 g/mol. The van der Waals surface area contributed by atoms with E-state index in [1.807, 2.05) is 0 Å². The Morgan fingerprint density at radius 3 is 2.00 bits per heavy atom. The lowest BCUT2D eigenvalue weighted by molar-refractivity contribution is 1.14. The highest BCUT2D eigenvalue weighted by Crippen LogP contribution is 1.89. The third-order valence-electron chi connectivity index (χ3n) is 0.371. The van der Waals surface area contributed by atoms with Crippen LogP contribution in [0.15, 0.2) is 22.5 Å². The number of amidine groups is 1. The summed E-state index contributed by atoms with van der Waals surface area (Å²) in [7, 11) is 0. The Hall–Kier alpha value is -0.990. The minimum atomic E-state index is 0.202. The first kappa shape index (κ1) is 7.01. The fourth-order valence-electron chi connectivity index (χ4n) is 0.160. The SMILES string of the molecule is C=C(C)/N=N\C(C)=N. The summed E-state index contributed by atoms with van der Waals surface area (Å²) >= 11 is 0. The summed E-state index contributed by atoms with van der Waals surface area (Å²) in [6.45, 7) is 6.76. The second-order valence-corrected chi connectivity index (χ2v) is 1.52. The van der Waals surface area contributed by atoms with Gasteiger partial charge in [-0.1, -0.05) is 6.58 Å². The molecule has 1 N–H and O–H groups in total. The Morgan fingerprint density at radius 1 is 1.38 bits per heavy atom. The molecule has 44 valence electrons. The minimum Gasteiger partial charge on any atom is -0.285 e. The normalized spacial score (nSPS) is 9.75. The maximum atomic E-state index is 6.79. The summed E-state index contributed by atoms with van der Waals surface area (Å²) in [5.74, 6) is 0.202. The van der Waals surface area contributed by atoms with Gasteiger partial charge in [-0.05, 0) is 13.8 Å². The zero-order chi connectivity index (χ0) is 6.57. The zero-order valence-corrected chi connectivity index (χ0v) is 5.10. The van der Waals surface area contributed by atoms with Crippen molar-refractivity contribution in [1.82, 2.24) is 0 Å². The molecule has 0 fully saturated rings. The average molecular weight is 111 g/mol. The molecule has 0 atom stereocenters. The second kappa shape index (κ2) is 3.07. The predicted molar refractivity (Wildman–Crippen MR) is 33.1 cm³/mol. The molecular formula is C5H9N3. The number of hydrogen-bond acceptors (Lipinski definition) is 2. The van der Waals surface area contributed by atoms with Crippen LogP contribution >= 0.6 is 0 Å². The molecule has 0 unspecified atom stereocenters. The molecule has 0 radical (unpaired) electrons. The van der Waals surface area contributed by atoms with Crippen LogP contribution in [0.1, 0.15) is 13.8 Å². The first-order valence-electron chi connectivity index (χ1n) is 2.25. The highest BCUT2D eigenvalue weighted by atomic mass is 15.1. The van der Waals surface area contributed by atoms with Crippen LogP contribution in [0.5, 0.6) is 0 Å². The van der Waals surface area contributed by atoms with E-state index in [1.54, 1.807) is 13.8 Å². The number of nitrogens with one attached hydrogen (secondary N) is 1. The number of hydrogen-bond donors (Lipinski definition) is 1. The van der Waals surface area contributed by atoms with Gasteiger partial charge in [0.2, 0.25) is 0 Å². The predicted octanol–water partition coefficient (Wildman–Crippen LogP) is 1.97. The fourth-order valence-corrected chi connectivity index (χ4v) is 0.160. The number of azo groups is 1. The number of nitrogens with zero attached hydrogens (tertiary/aromatic N) is 2. The summed E-state index contributed by atoms with van der Waals surface area (Å²) in [5.41, 5.74) is 0.622. The Kier molecular flexibility index (Phi) is 2.69. The maximum absolute atomic E-state index is 6.79. The summed E-state index contributed by atoms with van der Waals surface area (Å²) < 4.78 is 0. The van der Waals surface area contributed by atoms with Crippen molar-refractivity contribution in [3.05, 3.63) is 12.3 Å². The number of allylic oxidation sites excluding steroid dienone is 1. The molecule has 0 aromatic rings. The molecule has 0 bridgehead atoms. The van der Waals surface area contributed by atoms with Gasteiger partial charge < -0.3 is 0 Å². The Labute approximate surface area is 48.6 Å². The van der Waals surface area contributed by atoms with Crippen LogP contribution in [0.3, 0.4) is 0 Å². The largest absolute Gasteiger partial charge is 0.285 e. The minimum absolute atomic E-state index is 0.202. The lowest BCUT2D eigenvalue weighted by Crippen LogP contribution is -1.76. The standard InChI is InChI=1S/C5H9N3/c1-4(2)7-8-5(3)6/h6H,1H2,2-3H3/b6-5?,8-7-. The summed E-state index contributed by atoms with van der Waals surface area (Å²) in [4.78, 5) is 0. The van der Waals surface area contributed by atoms with E-state index in [2.05, 4.69) is 16.8 Å². The van der Waals surface area contributed by atoms with Gasteiger partial charge >= 0.3 is 0 Å². The molecule has 0 rings (SSSR count). The molecule has 3 heteroatoms. The topological polar surface area (TPSA) is 48.6 Å². The quantitative estimate of drug-likeness (QED) is 0.305. The molecule has 0 aromatic carbocycles. The summed E-state index contributed by atoms with van der Waals surface area (Å²) in [5, 5.41) is 13.7. The molecule has 0 aliphatic heterocycles. The van der Waals surface area contributed by atoms with Crippen molar-refractivity contribution in [3.63, 3.8) is 0 Å². The summed E-state index contributed by atoms with van der Waals surface area (Å²) in [6, 6.07) is 0. The van der Waals surface area contributed by atoms with Gasteiger partial charge in [0.1, 0.15) is 5.84 Å². The molecule has 0 saturated heterocycles. The fraction of sp³-hybridized carbons (Fsp3) is 0.400. The maximum Gasteiger partial charge on any atom is 0.140 e. The summed E-state index contributed by atoms with van der Waals surface area (Å²) in [6.07, 6.45) is 0. The van der Waals surface area contributed by atoms with Crippen molar-refractivity contribution in [2.45, 2.75) is 13.8 Å². The van der Waals surface area contributed by atoms with Crippen LogP contribution in [0.2, 0.25) is 0 Å². The first-order chi connectivity index (χ1) is 3.63. The molecule has 8 heavy (non-hydrogen) atoms. The van der Waals surface area contributed by atoms with Gasteiger partial charge in [-0.2, -0.15) is 5.11 Å². The Morgan fingerprint density at radius 2 is 1.88 bits per heavy atom. The molecule has 0 heterocycles. The number of rotatable bonds is 1. The van der Waals surface area contributed by atoms with Gasteiger partial charge in [0.15, 0.2) is 0 Å². The van der Waals surface area contributed by atoms with Gasteiger partial charge in [-0.15, -0.1) is 5.11 Å². The highest BCUT2D eigenvalue weighted by Gasteiger charge is 1.76. The van der Waals surface area contributed by atoms with E-state index in [-0.39, 0.29) is 5.84 Å². The van der Waals surface area contributed by atoms with Crippen molar-refractivity contribution in [2.24, 2.45) is 10.2 Å². The van der Waals surface area contributed by atoms with E-state index < -0.39 is 0 Å². The van der Waals surface area contributed by atoms with Crippen molar-refractivity contribution in [1.29, 1.82) is 5.41 Å². The van der Waals surface area contributed by atoms with E-state index in [0.29, 0.717) is 5.70 Å². The van der Waals surface area contributed by atoms with E-state index in [1.165, 1.54) is 0 Å². The van der Waals surface area contributed by atoms with Gasteiger partial charge in [0.25, 0.3) is 0 Å². The molecule has 0 amide bonds. The van der Waals surface area contributed by atoms with Crippen molar-refractivity contribution in [2.75, 3.05) is 0 Å². The van der Waals surface area contributed by atoms with Gasteiger partial charge in [0, 0.05) is 0 Å². The van der Waals surface area contributed by atoms with Crippen LogP contribution < -0.4 is 0 Å². The van der Waals surface area contributed by atoms with Crippen molar-refractivity contribution >= 4 is 5.84 Å². The van der Waals surface area contributed by atoms with Crippen LogP contribution in [0, 0.1) is 5.41 Å². The second-order valence-electron chi connectivity index (χ2n) is 1.52. The zero-order valence-electron chi connectivity index (χ0n) is 5.10. The van der Waals surface area contributed by atoms with E-state index >= 15 is 0 Å². The average Bonchev–Trinajstić information content (AvgIpc) is 1.61. The van der Waals surface area contributed by atoms with Crippen molar-refractivity contribution in [3.8, 4) is 0 Å². The third-order valence-corrected chi connectivity index (χ3v) is 0.371. The van der Waals surface area contributed by atoms with Gasteiger partial charge in [0.05, 0.1) is 5.70 Å². The van der Waals surface area contributed by atoms with E-state index in [4.69, 9.17) is 5.41 Å². The van der Waals surface area contributed by atoms with Crippen LogP contribution in [-0.4, -0.2) is 5.84 Å². The van der Waals surface area contributed by atoms with Gasteiger partial charge in [-0.25, -0.2) is 0 Å². The first-order valence-corrected chi connectivity index (χ1v) is 2.25. The lowest BCUT2D eigenvalue weighted by Gasteiger charge is -1.81. The third kappa shape index (κ3) is 5.01. The Bertz CT molecular complexity index is 119. The molecule has 3 nitrogen and oxygen atoms in total. The monoisotopic (exact) mass is 111 g/mol. The van der Waals surface area contributed by atoms with Crippen molar-refractivity contribution < 1.29 is 0 Å². The molecule has 0 aromatic heterocycles. The molecule has 0 aliphatic carbocycles. The smallest absolute Gasteiger partial charge is 0.140 e. The van der Waals surface area contributed by atoms with Gasteiger partial charge in [-0.3, -0.25) is 5.41 Å². The molecule has 0 saturated carbocycles. The Balaban J connectivity index is 3.67. The van der Waals surface area contributed by atoms with Crippen LogP contribution in [0.25, 0.3) is 0 Å². The molecule has 0 aliphatic rings. The molecule has 0 spiro atoms. The van der Waals surface area contributed by atoms with Crippen LogP contribution in [-0.2, 0) is 0 Å².